The standard InChI is InChI=1S/C26H34N2O4/c1-19(8-4-3-7-16-32-17-15-20-9-5-2-6-10-20)27-18-24(30)21-11-13-23(29)26-22(21)12-14-25(31)28-26/h2,5-6,9-14,19,24,27,29-30H,3-4,7-8,15-18H2,1H3,(H,28,31). The third-order valence-electron chi connectivity index (χ3n) is 5.73. The summed E-state index contributed by atoms with van der Waals surface area (Å²) in [7, 11) is 0. The molecule has 0 spiro atoms. The second kappa shape index (κ2) is 12.4. The van der Waals surface area contributed by atoms with Crippen LogP contribution in [0.5, 0.6) is 5.75 Å². The molecule has 0 aliphatic carbocycles. The number of pyridine rings is 1. The predicted molar refractivity (Wildman–Crippen MR) is 128 cm³/mol. The average molecular weight is 439 g/mol. The van der Waals surface area contributed by atoms with Gasteiger partial charge in [0.1, 0.15) is 5.75 Å². The van der Waals surface area contributed by atoms with Crippen LogP contribution in [-0.4, -0.2) is 41.0 Å². The molecule has 0 aliphatic heterocycles. The molecule has 2 atom stereocenters. The summed E-state index contributed by atoms with van der Waals surface area (Å²) in [4.78, 5) is 14.2. The molecule has 4 N–H and O–H groups in total. The number of aromatic hydroxyl groups is 1. The highest BCUT2D eigenvalue weighted by atomic mass is 16.5. The Morgan fingerprint density at radius 3 is 2.62 bits per heavy atom. The Bertz CT molecular complexity index is 1020. The fourth-order valence-electron chi connectivity index (χ4n) is 3.84. The van der Waals surface area contributed by atoms with Gasteiger partial charge in [-0.2, -0.15) is 0 Å². The highest BCUT2D eigenvalue weighted by Gasteiger charge is 2.15. The summed E-state index contributed by atoms with van der Waals surface area (Å²) in [5.74, 6) is -0.000905. The van der Waals surface area contributed by atoms with E-state index < -0.39 is 6.10 Å². The Morgan fingerprint density at radius 2 is 1.81 bits per heavy atom. The van der Waals surface area contributed by atoms with Gasteiger partial charge in [-0.1, -0.05) is 49.2 Å². The maximum atomic E-state index is 11.5. The zero-order valence-electron chi connectivity index (χ0n) is 18.7. The largest absolute Gasteiger partial charge is 0.506 e. The van der Waals surface area contributed by atoms with Crippen molar-refractivity contribution in [3.8, 4) is 5.75 Å². The van der Waals surface area contributed by atoms with Crippen LogP contribution in [0, 0.1) is 0 Å². The molecular formula is C26H34N2O4. The summed E-state index contributed by atoms with van der Waals surface area (Å²) in [6.45, 7) is 4.08. The molecule has 1 aromatic heterocycles. The van der Waals surface area contributed by atoms with E-state index in [1.54, 1.807) is 12.1 Å². The van der Waals surface area contributed by atoms with Crippen LogP contribution in [-0.2, 0) is 11.2 Å². The lowest BCUT2D eigenvalue weighted by Crippen LogP contribution is -2.30. The first-order valence-electron chi connectivity index (χ1n) is 11.4. The van der Waals surface area contributed by atoms with Crippen LogP contribution >= 0.6 is 0 Å². The number of rotatable bonds is 13. The SMILES string of the molecule is CC(CCCCCOCCc1ccccc1)NCC(O)c1ccc(O)c2[nH]c(=O)ccc12. The van der Waals surface area contributed by atoms with Crippen molar-refractivity contribution in [2.45, 2.75) is 51.2 Å². The minimum Gasteiger partial charge on any atom is -0.506 e. The van der Waals surface area contributed by atoms with Crippen LogP contribution < -0.4 is 10.9 Å². The first-order chi connectivity index (χ1) is 15.5. The average Bonchev–Trinajstić information content (AvgIpc) is 2.80. The number of phenolic OH excluding ortho intramolecular Hbond substituents is 1. The van der Waals surface area contributed by atoms with Crippen LogP contribution in [0.2, 0.25) is 0 Å². The van der Waals surface area contributed by atoms with Crippen molar-refractivity contribution in [2.75, 3.05) is 19.8 Å². The van der Waals surface area contributed by atoms with Crippen molar-refractivity contribution < 1.29 is 14.9 Å². The summed E-state index contributed by atoms with van der Waals surface area (Å²) in [6, 6.07) is 16.9. The second-order valence-corrected chi connectivity index (χ2v) is 8.31. The molecule has 32 heavy (non-hydrogen) atoms. The van der Waals surface area contributed by atoms with E-state index in [2.05, 4.69) is 41.5 Å². The molecule has 6 nitrogen and oxygen atoms in total. The summed E-state index contributed by atoms with van der Waals surface area (Å²) >= 11 is 0. The van der Waals surface area contributed by atoms with Gasteiger partial charge in [-0.3, -0.25) is 4.79 Å². The van der Waals surface area contributed by atoms with Gasteiger partial charge in [0.15, 0.2) is 0 Å². The van der Waals surface area contributed by atoms with Crippen molar-refractivity contribution >= 4 is 10.9 Å². The second-order valence-electron chi connectivity index (χ2n) is 8.31. The highest BCUT2D eigenvalue weighted by molar-refractivity contribution is 5.87. The lowest BCUT2D eigenvalue weighted by Gasteiger charge is -2.19. The maximum absolute atomic E-state index is 11.5. The Morgan fingerprint density at radius 1 is 1.00 bits per heavy atom. The van der Waals surface area contributed by atoms with Gasteiger partial charge in [0.05, 0.1) is 18.2 Å². The minimum absolute atomic E-state index is 0.000905. The van der Waals surface area contributed by atoms with Gasteiger partial charge >= 0.3 is 0 Å². The first-order valence-corrected chi connectivity index (χ1v) is 11.4. The number of aliphatic hydroxyl groups excluding tert-OH is 1. The topological polar surface area (TPSA) is 94.6 Å². The third kappa shape index (κ3) is 7.19. The van der Waals surface area contributed by atoms with Crippen LogP contribution in [0.4, 0.5) is 0 Å². The Kier molecular flexibility index (Phi) is 9.28. The molecule has 0 aliphatic rings. The summed E-state index contributed by atoms with van der Waals surface area (Å²) in [5, 5.41) is 24.7. The van der Waals surface area contributed by atoms with E-state index in [0.29, 0.717) is 23.0 Å². The van der Waals surface area contributed by atoms with Crippen molar-refractivity contribution in [2.24, 2.45) is 0 Å². The van der Waals surface area contributed by atoms with Gasteiger partial charge in [-0.25, -0.2) is 0 Å². The number of unbranched alkanes of at least 4 members (excludes halogenated alkanes) is 2. The van der Waals surface area contributed by atoms with E-state index in [4.69, 9.17) is 4.74 Å². The smallest absolute Gasteiger partial charge is 0.248 e. The predicted octanol–water partition coefficient (Wildman–Crippen LogP) is 4.06. The molecular weight excluding hydrogens is 404 g/mol. The van der Waals surface area contributed by atoms with Crippen LogP contribution in [0.3, 0.4) is 0 Å². The number of benzene rings is 2. The minimum atomic E-state index is -0.732. The van der Waals surface area contributed by atoms with Gasteiger partial charge in [0.2, 0.25) is 5.56 Å². The molecule has 3 aromatic rings. The normalized spacial score (nSPS) is 13.3. The molecule has 1 heterocycles. The number of phenols is 1. The Hall–Kier alpha value is -2.67. The lowest BCUT2D eigenvalue weighted by molar-refractivity contribution is 0.132. The van der Waals surface area contributed by atoms with Crippen LogP contribution in [0.15, 0.2) is 59.4 Å². The molecule has 2 aromatic carbocycles. The lowest BCUT2D eigenvalue weighted by atomic mass is 10.0. The Labute approximate surface area is 189 Å². The molecule has 2 unspecified atom stereocenters. The number of aromatic amines is 1. The Balaban J connectivity index is 1.31. The van der Waals surface area contributed by atoms with E-state index >= 15 is 0 Å². The summed E-state index contributed by atoms with van der Waals surface area (Å²) in [6.07, 6.45) is 4.54. The van der Waals surface area contributed by atoms with E-state index in [0.717, 1.165) is 45.3 Å². The van der Waals surface area contributed by atoms with Crippen LogP contribution in [0.1, 0.15) is 49.8 Å². The number of aliphatic hydroxyl groups is 1. The molecule has 0 amide bonds. The fourth-order valence-corrected chi connectivity index (χ4v) is 3.84. The molecule has 0 saturated heterocycles. The van der Waals surface area contributed by atoms with Gasteiger partial charge in [0.25, 0.3) is 0 Å². The van der Waals surface area contributed by atoms with E-state index in [9.17, 15) is 15.0 Å². The van der Waals surface area contributed by atoms with Crippen LogP contribution in [0.25, 0.3) is 10.9 Å². The molecule has 3 rings (SSSR count). The zero-order chi connectivity index (χ0) is 22.8. The number of ether oxygens (including phenoxy) is 1. The van der Waals surface area contributed by atoms with Crippen molar-refractivity contribution in [3.63, 3.8) is 0 Å². The van der Waals surface area contributed by atoms with Crippen molar-refractivity contribution in [1.29, 1.82) is 0 Å². The first kappa shape index (κ1) is 24.0. The van der Waals surface area contributed by atoms with Gasteiger partial charge in [0, 0.05) is 30.6 Å². The molecule has 172 valence electrons. The van der Waals surface area contributed by atoms with Gasteiger partial charge < -0.3 is 25.3 Å². The van der Waals surface area contributed by atoms with Gasteiger partial charge in [-0.05, 0) is 49.4 Å². The zero-order valence-corrected chi connectivity index (χ0v) is 18.7. The maximum Gasteiger partial charge on any atom is 0.248 e. The van der Waals surface area contributed by atoms with Crippen molar-refractivity contribution in [1.82, 2.24) is 10.3 Å². The fraction of sp³-hybridized carbons (Fsp3) is 0.423. The number of H-pyrrole nitrogens is 1. The number of aromatic nitrogens is 1. The summed E-state index contributed by atoms with van der Waals surface area (Å²) in [5.41, 5.74) is 2.06. The molecule has 0 bridgehead atoms. The number of fused-ring (bicyclic) bond motifs is 1. The summed E-state index contributed by atoms with van der Waals surface area (Å²) < 4.78 is 5.73. The van der Waals surface area contributed by atoms with E-state index in [1.807, 2.05) is 6.07 Å². The molecule has 0 fully saturated rings. The molecule has 0 radical (unpaired) electrons. The van der Waals surface area contributed by atoms with Crippen molar-refractivity contribution in [3.05, 3.63) is 76.1 Å². The molecule has 0 saturated carbocycles. The quantitative estimate of drug-likeness (QED) is 0.302. The van der Waals surface area contributed by atoms with E-state index in [1.165, 1.54) is 17.7 Å². The van der Waals surface area contributed by atoms with E-state index in [-0.39, 0.29) is 17.4 Å². The molecule has 6 heteroatoms. The number of hydrogen-bond acceptors (Lipinski definition) is 5. The number of nitrogens with one attached hydrogen (secondary N) is 2. The number of hydrogen-bond donors (Lipinski definition) is 4. The highest BCUT2D eigenvalue weighted by Crippen LogP contribution is 2.28. The monoisotopic (exact) mass is 438 g/mol. The van der Waals surface area contributed by atoms with Gasteiger partial charge in [-0.15, -0.1) is 0 Å². The third-order valence-corrected chi connectivity index (χ3v) is 5.73.